The van der Waals surface area contributed by atoms with Crippen LogP contribution in [0.2, 0.25) is 0 Å². The topological polar surface area (TPSA) is 62.2 Å². The third-order valence-corrected chi connectivity index (χ3v) is 4.38. The van der Waals surface area contributed by atoms with E-state index >= 15 is 0 Å². The first-order chi connectivity index (χ1) is 12.8. The van der Waals surface area contributed by atoms with Crippen LogP contribution in [0.15, 0.2) is 48.5 Å². The second kappa shape index (κ2) is 9.14. The number of aliphatic hydroxyl groups excluding tert-OH is 2. The molecule has 136 valence electrons. The van der Waals surface area contributed by atoms with Crippen molar-refractivity contribution >= 4 is 5.69 Å². The molecule has 0 radical (unpaired) electrons. The molecule has 1 atom stereocenters. The van der Waals surface area contributed by atoms with E-state index in [9.17, 15) is 0 Å². The van der Waals surface area contributed by atoms with Crippen LogP contribution in [0.4, 0.5) is 5.69 Å². The number of benzene rings is 2. The van der Waals surface area contributed by atoms with Crippen LogP contribution in [-0.4, -0.2) is 49.7 Å². The van der Waals surface area contributed by atoms with Gasteiger partial charge >= 0.3 is 0 Å². The number of hydrogen-bond acceptors (Lipinski definition) is 5. The Morgan fingerprint density at radius 3 is 2.19 bits per heavy atom. The lowest BCUT2D eigenvalue weighted by Crippen LogP contribution is -2.36. The van der Waals surface area contributed by atoms with Crippen LogP contribution in [0, 0.1) is 12.0 Å². The summed E-state index contributed by atoms with van der Waals surface area (Å²) in [5.74, 6) is 3.35. The highest BCUT2D eigenvalue weighted by molar-refractivity contribution is 5.51. The minimum atomic E-state index is -0.217. The van der Waals surface area contributed by atoms with Gasteiger partial charge in [0.05, 0.1) is 25.7 Å². The molecule has 1 aliphatic rings. The Balaban J connectivity index is 1.77. The fourth-order valence-corrected chi connectivity index (χ4v) is 3.04. The van der Waals surface area contributed by atoms with E-state index in [0.29, 0.717) is 5.75 Å². The summed E-state index contributed by atoms with van der Waals surface area (Å²) in [6.45, 7) is 3.55. The molecule has 2 aromatic carbocycles. The van der Waals surface area contributed by atoms with Crippen molar-refractivity contribution in [2.75, 3.05) is 44.4 Å². The quantitative estimate of drug-likeness (QED) is 0.781. The lowest BCUT2D eigenvalue weighted by Gasteiger charge is -2.29. The maximum absolute atomic E-state index is 9.15. The zero-order valence-electron chi connectivity index (χ0n) is 14.6. The van der Waals surface area contributed by atoms with Gasteiger partial charge in [0, 0.05) is 18.8 Å². The number of rotatable bonds is 6. The first-order valence-corrected chi connectivity index (χ1v) is 8.72. The minimum Gasteiger partial charge on any atom is -0.491 e. The number of nitrogens with zero attached hydrogens (tertiary/aromatic N) is 1. The van der Waals surface area contributed by atoms with Crippen LogP contribution < -0.4 is 9.64 Å². The number of ether oxygens (including phenoxy) is 2. The second-order valence-corrected chi connectivity index (χ2v) is 6.02. The fraction of sp³-hybridized carbons (Fsp3) is 0.333. The van der Waals surface area contributed by atoms with Gasteiger partial charge in [0.25, 0.3) is 0 Å². The van der Waals surface area contributed by atoms with Crippen LogP contribution in [0.5, 0.6) is 5.75 Å². The normalized spacial score (nSPS) is 15.0. The summed E-state index contributed by atoms with van der Waals surface area (Å²) in [6, 6.07) is 15.8. The molecule has 26 heavy (non-hydrogen) atoms. The average Bonchev–Trinajstić information content (AvgIpc) is 2.72. The lowest BCUT2D eigenvalue weighted by atomic mass is 9.92. The highest BCUT2D eigenvalue weighted by Gasteiger charge is 2.15. The molecule has 1 fully saturated rings. The summed E-state index contributed by atoms with van der Waals surface area (Å²) in [5.41, 5.74) is 3.16. The molecule has 0 saturated carbocycles. The van der Waals surface area contributed by atoms with E-state index in [4.69, 9.17) is 19.7 Å². The van der Waals surface area contributed by atoms with Gasteiger partial charge in [-0.15, -0.1) is 0 Å². The predicted octanol–water partition coefficient (Wildman–Crippen LogP) is 2.36. The van der Waals surface area contributed by atoms with Crippen molar-refractivity contribution in [1.82, 2.24) is 0 Å². The molecule has 0 amide bonds. The van der Waals surface area contributed by atoms with Crippen molar-refractivity contribution in [2.24, 2.45) is 0 Å². The van der Waals surface area contributed by atoms with Crippen molar-refractivity contribution in [1.29, 1.82) is 0 Å². The predicted molar refractivity (Wildman–Crippen MR) is 100 cm³/mol. The lowest BCUT2D eigenvalue weighted by molar-refractivity contribution is 0.122. The van der Waals surface area contributed by atoms with Gasteiger partial charge in [0.15, 0.2) is 0 Å². The van der Waals surface area contributed by atoms with Crippen LogP contribution in [0.1, 0.15) is 17.0 Å². The van der Waals surface area contributed by atoms with E-state index < -0.39 is 0 Å². The maximum atomic E-state index is 9.15. The monoisotopic (exact) mass is 353 g/mol. The number of anilines is 1. The van der Waals surface area contributed by atoms with Gasteiger partial charge in [-0.25, -0.2) is 0 Å². The van der Waals surface area contributed by atoms with Crippen LogP contribution in [0.3, 0.4) is 0 Å². The van der Waals surface area contributed by atoms with Crippen LogP contribution in [0.25, 0.3) is 0 Å². The molecule has 1 saturated heterocycles. The molecule has 3 rings (SSSR count). The second-order valence-electron chi connectivity index (χ2n) is 6.02. The molecule has 0 bridgehead atoms. The Morgan fingerprint density at radius 1 is 1.00 bits per heavy atom. The van der Waals surface area contributed by atoms with Gasteiger partial charge < -0.3 is 24.6 Å². The maximum Gasteiger partial charge on any atom is 0.119 e. The summed E-state index contributed by atoms with van der Waals surface area (Å²) in [4.78, 5) is 2.30. The summed E-state index contributed by atoms with van der Waals surface area (Å²) in [5, 5.41) is 18.0. The van der Waals surface area contributed by atoms with Crippen molar-refractivity contribution < 1.29 is 19.7 Å². The molecule has 1 unspecified atom stereocenters. The average molecular weight is 353 g/mol. The molecule has 2 N–H and O–H groups in total. The van der Waals surface area contributed by atoms with Gasteiger partial charge in [0.1, 0.15) is 18.5 Å². The smallest absolute Gasteiger partial charge is 0.119 e. The molecule has 5 nitrogen and oxygen atoms in total. The van der Waals surface area contributed by atoms with Crippen molar-refractivity contribution in [3.63, 3.8) is 0 Å². The zero-order chi connectivity index (χ0) is 18.2. The van der Waals surface area contributed by atoms with E-state index in [2.05, 4.69) is 41.2 Å². The van der Waals surface area contributed by atoms with E-state index in [1.54, 1.807) is 0 Å². The Bertz CT molecular complexity index is 740. The largest absolute Gasteiger partial charge is 0.491 e. The number of hydrogen-bond donors (Lipinski definition) is 2. The first kappa shape index (κ1) is 18.1. The zero-order valence-corrected chi connectivity index (χ0v) is 14.6. The molecule has 2 aromatic rings. The van der Waals surface area contributed by atoms with Crippen molar-refractivity contribution in [3.8, 4) is 17.8 Å². The van der Waals surface area contributed by atoms with Gasteiger partial charge in [0.2, 0.25) is 0 Å². The van der Waals surface area contributed by atoms with Gasteiger partial charge in [-0.3, -0.25) is 0 Å². The summed E-state index contributed by atoms with van der Waals surface area (Å²) in [6.07, 6.45) is 2.05. The Hall–Kier alpha value is -2.68. The number of aliphatic hydroxyl groups is 2. The van der Waals surface area contributed by atoms with Gasteiger partial charge in [-0.2, -0.15) is 0 Å². The molecule has 0 aromatic heterocycles. The third-order valence-electron chi connectivity index (χ3n) is 4.38. The SMILES string of the molecule is OC#CC(c1ccc(OCCO)cc1)c1ccc(N2CCOCC2)cc1. The first-order valence-electron chi connectivity index (χ1n) is 8.72. The van der Waals surface area contributed by atoms with E-state index in [0.717, 1.165) is 37.4 Å². The van der Waals surface area contributed by atoms with Gasteiger partial charge in [-0.1, -0.05) is 24.3 Å². The molecular formula is C21H23NO4. The molecule has 0 aliphatic carbocycles. The highest BCUT2D eigenvalue weighted by Crippen LogP contribution is 2.28. The fourth-order valence-electron chi connectivity index (χ4n) is 3.04. The Morgan fingerprint density at radius 2 is 1.62 bits per heavy atom. The highest BCUT2D eigenvalue weighted by atomic mass is 16.5. The summed E-state index contributed by atoms with van der Waals surface area (Å²) in [7, 11) is 0. The Kier molecular flexibility index (Phi) is 6.37. The van der Waals surface area contributed by atoms with E-state index in [1.165, 1.54) is 5.69 Å². The minimum absolute atomic E-state index is 0.0180. The Labute approximate surface area is 153 Å². The van der Waals surface area contributed by atoms with Gasteiger partial charge in [-0.05, 0) is 41.3 Å². The standard InChI is InChI=1S/C21H23NO4/c23-12-9-21(18-3-7-20(8-4-18)26-16-13-24)17-1-5-19(6-2-17)22-10-14-25-15-11-22/h1-8,21,23-24H,10-11,13-16H2. The van der Waals surface area contributed by atoms with Crippen LogP contribution in [-0.2, 0) is 4.74 Å². The third kappa shape index (κ3) is 4.48. The molecule has 5 heteroatoms. The number of morpholine rings is 1. The van der Waals surface area contributed by atoms with Crippen molar-refractivity contribution in [2.45, 2.75) is 5.92 Å². The molecule has 1 aliphatic heterocycles. The molecule has 1 heterocycles. The summed E-state index contributed by atoms with van der Waals surface area (Å²) < 4.78 is 10.8. The van der Waals surface area contributed by atoms with Crippen LogP contribution >= 0.6 is 0 Å². The van der Waals surface area contributed by atoms with E-state index in [-0.39, 0.29) is 19.1 Å². The van der Waals surface area contributed by atoms with Crippen molar-refractivity contribution in [3.05, 3.63) is 59.7 Å². The molecule has 0 spiro atoms. The molecular weight excluding hydrogens is 330 g/mol. The van der Waals surface area contributed by atoms with E-state index in [1.807, 2.05) is 24.3 Å². The summed E-state index contributed by atoms with van der Waals surface area (Å²) >= 11 is 0.